The van der Waals surface area contributed by atoms with Crippen molar-refractivity contribution in [3.63, 3.8) is 0 Å². The summed E-state index contributed by atoms with van der Waals surface area (Å²) >= 11 is 0. The average molecular weight is 295 g/mol. The summed E-state index contributed by atoms with van der Waals surface area (Å²) in [5, 5.41) is 3.68. The van der Waals surface area contributed by atoms with Crippen LogP contribution in [0.25, 0.3) is 0 Å². The molecule has 1 N–H and O–H groups in total. The lowest BCUT2D eigenvalue weighted by Gasteiger charge is -2.38. The molecule has 0 aromatic rings. The maximum absolute atomic E-state index is 12.5. The van der Waals surface area contributed by atoms with Gasteiger partial charge >= 0.3 is 0 Å². The largest absolute Gasteiger partial charge is 0.375 e. The van der Waals surface area contributed by atoms with Crippen LogP contribution in [-0.2, 0) is 9.53 Å². The fourth-order valence-electron chi connectivity index (χ4n) is 4.14. The number of nitrogens with one attached hydrogen (secondary N) is 1. The van der Waals surface area contributed by atoms with Gasteiger partial charge in [-0.1, -0.05) is 6.92 Å². The molecule has 0 saturated carbocycles. The van der Waals surface area contributed by atoms with Gasteiger partial charge in [0.1, 0.15) is 0 Å². The Morgan fingerprint density at radius 2 is 2.05 bits per heavy atom. The molecule has 3 aliphatic rings. The van der Waals surface area contributed by atoms with Crippen molar-refractivity contribution in [3.8, 4) is 0 Å². The van der Waals surface area contributed by atoms with E-state index in [2.05, 4.69) is 17.1 Å². The molecule has 1 amide bonds. The molecule has 5 heteroatoms. The van der Waals surface area contributed by atoms with Crippen molar-refractivity contribution in [2.45, 2.75) is 63.8 Å². The van der Waals surface area contributed by atoms with Crippen LogP contribution in [0.3, 0.4) is 0 Å². The van der Waals surface area contributed by atoms with Gasteiger partial charge in [0.2, 0.25) is 5.91 Å². The molecule has 3 saturated heterocycles. The molecule has 3 atom stereocenters. The third-order valence-electron chi connectivity index (χ3n) is 5.30. The van der Waals surface area contributed by atoms with Crippen molar-refractivity contribution in [2.75, 3.05) is 32.8 Å². The first kappa shape index (κ1) is 15.3. The molecule has 2 bridgehead atoms. The van der Waals surface area contributed by atoms with E-state index in [-0.39, 0.29) is 12.0 Å². The number of fused-ring (bicyclic) bond motifs is 2. The standard InChI is InChI=1S/C16H29N3O2/c1-3-18(15-8-13-4-5-14(9-15)17-13)11-16(20)19-6-7-21-12(2)10-19/h12-15,17H,3-11H2,1-2H3. The van der Waals surface area contributed by atoms with Crippen LogP contribution < -0.4 is 5.32 Å². The molecule has 0 aromatic carbocycles. The lowest BCUT2D eigenvalue weighted by molar-refractivity contribution is -0.140. The number of carbonyl (C=O) groups is 1. The maximum atomic E-state index is 12.5. The Bertz CT molecular complexity index is 365. The van der Waals surface area contributed by atoms with Gasteiger partial charge in [-0.25, -0.2) is 0 Å². The van der Waals surface area contributed by atoms with Crippen molar-refractivity contribution in [1.82, 2.24) is 15.1 Å². The van der Waals surface area contributed by atoms with Gasteiger partial charge in [0.15, 0.2) is 0 Å². The molecule has 0 aromatic heterocycles. The van der Waals surface area contributed by atoms with Crippen LogP contribution in [0.2, 0.25) is 0 Å². The molecule has 0 spiro atoms. The summed E-state index contributed by atoms with van der Waals surface area (Å²) in [5.74, 6) is 0.276. The number of nitrogens with zero attached hydrogens (tertiary/aromatic N) is 2. The van der Waals surface area contributed by atoms with E-state index < -0.39 is 0 Å². The minimum atomic E-state index is 0.174. The van der Waals surface area contributed by atoms with Gasteiger partial charge in [0.05, 0.1) is 19.3 Å². The lowest BCUT2D eigenvalue weighted by atomic mass is 9.98. The highest BCUT2D eigenvalue weighted by Gasteiger charge is 2.36. The summed E-state index contributed by atoms with van der Waals surface area (Å²) in [5.41, 5.74) is 0. The summed E-state index contributed by atoms with van der Waals surface area (Å²) in [7, 11) is 0. The molecule has 120 valence electrons. The number of morpholine rings is 1. The zero-order valence-corrected chi connectivity index (χ0v) is 13.4. The van der Waals surface area contributed by atoms with Crippen LogP contribution in [0, 0.1) is 0 Å². The first-order valence-electron chi connectivity index (χ1n) is 8.55. The number of carbonyl (C=O) groups excluding carboxylic acids is 1. The molecule has 3 aliphatic heterocycles. The van der Waals surface area contributed by atoms with Gasteiger partial charge in [-0.2, -0.15) is 0 Å². The molecule has 21 heavy (non-hydrogen) atoms. The predicted octanol–water partition coefficient (Wildman–Crippen LogP) is 0.839. The highest BCUT2D eigenvalue weighted by atomic mass is 16.5. The smallest absolute Gasteiger partial charge is 0.236 e. The molecule has 3 rings (SSSR count). The normalized spacial score (nSPS) is 36.2. The minimum absolute atomic E-state index is 0.174. The first-order chi connectivity index (χ1) is 10.2. The van der Waals surface area contributed by atoms with Crippen LogP contribution in [-0.4, -0.2) is 72.7 Å². The fraction of sp³-hybridized carbons (Fsp3) is 0.938. The zero-order valence-electron chi connectivity index (χ0n) is 13.4. The van der Waals surface area contributed by atoms with Gasteiger partial charge in [-0.05, 0) is 39.2 Å². The van der Waals surface area contributed by atoms with Crippen LogP contribution in [0.4, 0.5) is 0 Å². The van der Waals surface area contributed by atoms with E-state index in [1.54, 1.807) is 0 Å². The lowest BCUT2D eigenvalue weighted by Crippen LogP contribution is -2.53. The Hall–Kier alpha value is -0.650. The average Bonchev–Trinajstić information content (AvgIpc) is 2.83. The number of rotatable bonds is 4. The Labute approximate surface area is 128 Å². The van der Waals surface area contributed by atoms with E-state index in [1.165, 1.54) is 25.7 Å². The maximum Gasteiger partial charge on any atom is 0.236 e. The van der Waals surface area contributed by atoms with Crippen molar-refractivity contribution in [3.05, 3.63) is 0 Å². The number of hydrogen-bond donors (Lipinski definition) is 1. The van der Waals surface area contributed by atoms with Gasteiger partial charge in [-0.3, -0.25) is 9.69 Å². The molecule has 3 heterocycles. The van der Waals surface area contributed by atoms with Crippen molar-refractivity contribution in [2.24, 2.45) is 0 Å². The SMILES string of the molecule is CCN(CC(=O)N1CCOC(C)C1)C1CC2CCC(C1)N2. The third kappa shape index (κ3) is 3.58. The zero-order chi connectivity index (χ0) is 14.8. The molecule has 3 fully saturated rings. The van der Waals surface area contributed by atoms with Crippen LogP contribution in [0.15, 0.2) is 0 Å². The molecular formula is C16H29N3O2. The van der Waals surface area contributed by atoms with E-state index in [4.69, 9.17) is 4.74 Å². The molecule has 3 unspecified atom stereocenters. The quantitative estimate of drug-likeness (QED) is 0.835. The summed E-state index contributed by atoms with van der Waals surface area (Å²) in [6.45, 7) is 7.94. The Balaban J connectivity index is 1.55. The second-order valence-corrected chi connectivity index (χ2v) is 6.85. The molecule has 0 radical (unpaired) electrons. The number of likely N-dealkylation sites (N-methyl/N-ethyl adjacent to an activating group) is 1. The van der Waals surface area contributed by atoms with E-state index in [9.17, 15) is 4.79 Å². The highest BCUT2D eigenvalue weighted by Crippen LogP contribution is 2.29. The topological polar surface area (TPSA) is 44.8 Å². The summed E-state index contributed by atoms with van der Waals surface area (Å²) in [4.78, 5) is 16.9. The molecule has 0 aliphatic carbocycles. The van der Waals surface area contributed by atoms with Crippen molar-refractivity contribution in [1.29, 1.82) is 0 Å². The van der Waals surface area contributed by atoms with Gasteiger partial charge in [0, 0.05) is 31.2 Å². The molecular weight excluding hydrogens is 266 g/mol. The Kier molecular flexibility index (Phi) is 4.82. The number of piperidine rings is 1. The monoisotopic (exact) mass is 295 g/mol. The number of amides is 1. The van der Waals surface area contributed by atoms with E-state index in [1.807, 2.05) is 11.8 Å². The highest BCUT2D eigenvalue weighted by molar-refractivity contribution is 5.78. The van der Waals surface area contributed by atoms with Crippen LogP contribution in [0.1, 0.15) is 39.5 Å². The van der Waals surface area contributed by atoms with E-state index >= 15 is 0 Å². The first-order valence-corrected chi connectivity index (χ1v) is 8.55. The summed E-state index contributed by atoms with van der Waals surface area (Å²) in [6, 6.07) is 1.94. The fourth-order valence-corrected chi connectivity index (χ4v) is 4.14. The van der Waals surface area contributed by atoms with Gasteiger partial charge < -0.3 is 15.0 Å². The molecule has 5 nitrogen and oxygen atoms in total. The van der Waals surface area contributed by atoms with E-state index in [0.29, 0.717) is 31.3 Å². The summed E-state index contributed by atoms with van der Waals surface area (Å²) in [6.07, 6.45) is 5.21. The number of hydrogen-bond acceptors (Lipinski definition) is 4. The van der Waals surface area contributed by atoms with Crippen molar-refractivity contribution < 1.29 is 9.53 Å². The van der Waals surface area contributed by atoms with Crippen LogP contribution in [0.5, 0.6) is 0 Å². The third-order valence-corrected chi connectivity index (χ3v) is 5.30. The van der Waals surface area contributed by atoms with Crippen LogP contribution >= 0.6 is 0 Å². The van der Waals surface area contributed by atoms with Gasteiger partial charge in [-0.15, -0.1) is 0 Å². The van der Waals surface area contributed by atoms with Crippen molar-refractivity contribution >= 4 is 5.91 Å². The summed E-state index contributed by atoms with van der Waals surface area (Å²) < 4.78 is 5.53. The number of ether oxygens (including phenoxy) is 1. The predicted molar refractivity (Wildman–Crippen MR) is 82.2 cm³/mol. The Morgan fingerprint density at radius 3 is 2.67 bits per heavy atom. The minimum Gasteiger partial charge on any atom is -0.375 e. The second-order valence-electron chi connectivity index (χ2n) is 6.85. The van der Waals surface area contributed by atoms with Gasteiger partial charge in [0.25, 0.3) is 0 Å². The Morgan fingerprint density at radius 1 is 1.33 bits per heavy atom. The van der Waals surface area contributed by atoms with E-state index in [0.717, 1.165) is 19.6 Å². The second kappa shape index (κ2) is 6.63.